The first-order valence-electron chi connectivity index (χ1n) is 13.3. The number of aromatic nitrogens is 4. The topological polar surface area (TPSA) is 51.6 Å². The maximum Gasteiger partial charge on any atom is 3.00 e. The molecule has 0 aliphatic heterocycles. The smallest absolute Gasteiger partial charge is 0.366 e. The van der Waals surface area contributed by atoms with Crippen molar-refractivity contribution in [2.24, 2.45) is 0 Å². The van der Waals surface area contributed by atoms with Gasteiger partial charge in [0.15, 0.2) is 0 Å². The van der Waals surface area contributed by atoms with Crippen LogP contribution < -0.4 is 0 Å². The van der Waals surface area contributed by atoms with Crippen molar-refractivity contribution >= 4 is 0 Å². The van der Waals surface area contributed by atoms with E-state index in [1.165, 1.54) is 11.1 Å². The van der Waals surface area contributed by atoms with E-state index >= 15 is 0 Å². The van der Waals surface area contributed by atoms with Crippen LogP contribution in [0.4, 0.5) is 0 Å². The van der Waals surface area contributed by atoms with E-state index in [4.69, 9.17) is 0 Å². The van der Waals surface area contributed by atoms with E-state index in [1.807, 2.05) is 60.7 Å². The van der Waals surface area contributed by atoms with Gasteiger partial charge in [0.1, 0.15) is 0 Å². The Hall–Kier alpha value is -4.31. The third-order valence-electron chi connectivity index (χ3n) is 6.96. The number of hydrogen-bond acceptors (Lipinski definition) is 4. The summed E-state index contributed by atoms with van der Waals surface area (Å²) in [6.45, 7) is 8.33. The van der Waals surface area contributed by atoms with Crippen molar-refractivity contribution in [3.05, 3.63) is 144 Å². The second-order valence-electron chi connectivity index (χ2n) is 9.65. The molecule has 0 aliphatic carbocycles. The number of benzene rings is 4. The first-order chi connectivity index (χ1) is 19.5. The average Bonchev–Trinajstić information content (AvgIpc) is 3.00. The first kappa shape index (κ1) is 29.7. The van der Waals surface area contributed by atoms with Crippen molar-refractivity contribution in [3.8, 4) is 45.0 Å². The molecule has 0 radical (unpaired) electrons. The summed E-state index contributed by atoms with van der Waals surface area (Å²) in [6.07, 6.45) is 5.59. The van der Waals surface area contributed by atoms with E-state index in [-0.39, 0.29) is 20.1 Å². The molecule has 6 aromatic rings. The minimum absolute atomic E-state index is 0. The van der Waals surface area contributed by atoms with Crippen LogP contribution in [-0.4, -0.2) is 19.9 Å². The van der Waals surface area contributed by atoms with E-state index < -0.39 is 0 Å². The Balaban J connectivity index is 0.000000184. The van der Waals surface area contributed by atoms with Crippen LogP contribution in [0.1, 0.15) is 22.3 Å². The molecule has 0 spiro atoms. The van der Waals surface area contributed by atoms with Crippen molar-refractivity contribution in [2.75, 3.05) is 0 Å². The molecular formula is C36H30IrN4+. The molecule has 0 fully saturated rings. The molecule has 0 aliphatic rings. The predicted molar refractivity (Wildman–Crippen MR) is 162 cm³/mol. The summed E-state index contributed by atoms with van der Waals surface area (Å²) >= 11 is 0. The molecule has 0 amide bonds. The molecule has 6 rings (SSSR count). The van der Waals surface area contributed by atoms with Crippen LogP contribution >= 0.6 is 0 Å². The second-order valence-corrected chi connectivity index (χ2v) is 9.65. The number of nitrogens with zero attached hydrogens (tertiary/aromatic N) is 4. The summed E-state index contributed by atoms with van der Waals surface area (Å²) in [4.78, 5) is 17.4. The van der Waals surface area contributed by atoms with Crippen LogP contribution in [0.5, 0.6) is 0 Å². The van der Waals surface area contributed by atoms with Gasteiger partial charge in [0, 0.05) is 12.7 Å². The summed E-state index contributed by atoms with van der Waals surface area (Å²) < 4.78 is 0. The Morgan fingerprint density at radius 3 is 1.07 bits per heavy atom. The van der Waals surface area contributed by atoms with Gasteiger partial charge in [-0.1, -0.05) is 156 Å². The van der Waals surface area contributed by atoms with Gasteiger partial charge in [0.25, 0.3) is 0 Å². The fraction of sp³-hybridized carbons (Fsp3) is 0.111. The molecule has 0 N–H and O–H groups in total. The summed E-state index contributed by atoms with van der Waals surface area (Å²) in [7, 11) is 0. The average molecular weight is 711 g/mol. The standard InChI is InChI=1S/2C18H15N2.Ir/c2*1-13-8-6-7-11-16(13)18-14(2)17(19-12-20-18)15-9-4-3-5-10-15;/h2*3-11H,1-2H3;/q2*-1;+3. The van der Waals surface area contributed by atoms with Crippen molar-refractivity contribution in [3.63, 3.8) is 0 Å². The normalized spacial score (nSPS) is 10.2. The molecule has 0 atom stereocenters. The molecular weight excluding hydrogens is 681 g/mol. The molecule has 0 saturated carbocycles. The SMILES string of the molecule is Cc1ccccc1-c1n[c-]nc(-c2ccccc2)c1C.Cc1ccccc1-c1n[c-]nc(-c2ccccc2)c1C.[Ir+3]. The molecule has 4 nitrogen and oxygen atoms in total. The zero-order valence-electron chi connectivity index (χ0n) is 23.5. The summed E-state index contributed by atoms with van der Waals surface area (Å²) in [5, 5.41) is 0. The molecule has 41 heavy (non-hydrogen) atoms. The minimum Gasteiger partial charge on any atom is -0.366 e. The first-order valence-corrected chi connectivity index (χ1v) is 13.3. The van der Waals surface area contributed by atoms with Crippen molar-refractivity contribution < 1.29 is 20.1 Å². The number of rotatable bonds is 4. The van der Waals surface area contributed by atoms with Crippen LogP contribution in [0.25, 0.3) is 45.0 Å². The largest absolute Gasteiger partial charge is 3.00 e. The van der Waals surface area contributed by atoms with E-state index in [0.29, 0.717) is 0 Å². The Kier molecular flexibility index (Phi) is 10.0. The van der Waals surface area contributed by atoms with Crippen LogP contribution in [0.15, 0.2) is 109 Å². The molecule has 2 aromatic heterocycles. The fourth-order valence-corrected chi connectivity index (χ4v) is 4.77. The van der Waals surface area contributed by atoms with Crippen LogP contribution in [0, 0.1) is 40.3 Å². The van der Waals surface area contributed by atoms with Crippen molar-refractivity contribution in [1.82, 2.24) is 19.9 Å². The minimum atomic E-state index is 0. The molecule has 5 heteroatoms. The fourth-order valence-electron chi connectivity index (χ4n) is 4.77. The molecule has 202 valence electrons. The van der Waals surface area contributed by atoms with Gasteiger partial charge in [-0.05, 0) is 36.6 Å². The van der Waals surface area contributed by atoms with Crippen molar-refractivity contribution in [2.45, 2.75) is 27.7 Å². The molecule has 0 unspecified atom stereocenters. The maximum absolute atomic E-state index is 4.36. The van der Waals surface area contributed by atoms with E-state index in [0.717, 1.165) is 56.2 Å². The van der Waals surface area contributed by atoms with Gasteiger partial charge >= 0.3 is 20.1 Å². The zero-order valence-corrected chi connectivity index (χ0v) is 25.9. The van der Waals surface area contributed by atoms with Crippen LogP contribution in [0.2, 0.25) is 0 Å². The van der Waals surface area contributed by atoms with Crippen molar-refractivity contribution in [1.29, 1.82) is 0 Å². The Morgan fingerprint density at radius 1 is 0.390 bits per heavy atom. The van der Waals surface area contributed by atoms with Crippen LogP contribution in [-0.2, 0) is 20.1 Å². The van der Waals surface area contributed by atoms with Crippen LogP contribution in [0.3, 0.4) is 0 Å². The molecule has 4 aromatic carbocycles. The Labute approximate surface area is 256 Å². The number of aryl methyl sites for hydroxylation is 2. The summed E-state index contributed by atoms with van der Waals surface area (Å²) in [5.74, 6) is 0. The third-order valence-corrected chi connectivity index (χ3v) is 6.96. The van der Waals surface area contributed by atoms with Gasteiger partial charge in [-0.25, -0.2) is 0 Å². The molecule has 2 heterocycles. The third kappa shape index (κ3) is 6.71. The Morgan fingerprint density at radius 2 is 0.707 bits per heavy atom. The van der Waals surface area contributed by atoms with E-state index in [9.17, 15) is 0 Å². The second kappa shape index (κ2) is 13.8. The Bertz CT molecular complexity index is 1600. The zero-order chi connectivity index (χ0) is 27.9. The summed E-state index contributed by atoms with van der Waals surface area (Å²) in [5.41, 5.74) is 12.9. The number of hydrogen-bond donors (Lipinski definition) is 0. The quantitative estimate of drug-likeness (QED) is 0.172. The van der Waals surface area contributed by atoms with Gasteiger partial charge in [0.2, 0.25) is 0 Å². The molecule has 0 saturated heterocycles. The predicted octanol–water partition coefficient (Wildman–Crippen LogP) is 8.45. The summed E-state index contributed by atoms with van der Waals surface area (Å²) in [6, 6.07) is 36.8. The van der Waals surface area contributed by atoms with E-state index in [1.54, 1.807) is 0 Å². The van der Waals surface area contributed by atoms with Gasteiger partial charge in [-0.3, -0.25) is 0 Å². The van der Waals surface area contributed by atoms with Gasteiger partial charge in [0.05, 0.1) is 0 Å². The van der Waals surface area contributed by atoms with Gasteiger partial charge < -0.3 is 19.9 Å². The monoisotopic (exact) mass is 711 g/mol. The van der Waals surface area contributed by atoms with Gasteiger partial charge in [-0.2, -0.15) is 0 Å². The molecule has 0 bridgehead atoms. The van der Waals surface area contributed by atoms with Gasteiger partial charge in [-0.15, -0.1) is 11.1 Å². The van der Waals surface area contributed by atoms with E-state index in [2.05, 4.69) is 109 Å². The maximum atomic E-state index is 4.36.